The predicted octanol–water partition coefficient (Wildman–Crippen LogP) is -1.30. The van der Waals surface area contributed by atoms with Gasteiger partial charge in [0.1, 0.15) is 18.4 Å². The number of aliphatic imine (C=N–C) groups is 4. The Balaban J connectivity index is 2.36. The first-order valence-electron chi connectivity index (χ1n) is 3.07. The van der Waals surface area contributed by atoms with Crippen LogP contribution >= 0.6 is 0 Å². The van der Waals surface area contributed by atoms with Crippen LogP contribution in [0.2, 0.25) is 0 Å². The minimum atomic E-state index is -0.237. The van der Waals surface area contributed by atoms with Crippen LogP contribution in [0.25, 0.3) is 0 Å². The van der Waals surface area contributed by atoms with Gasteiger partial charge in [-0.3, -0.25) is 0 Å². The molecule has 56 valence electrons. The molecule has 2 rings (SSSR count). The van der Waals surface area contributed by atoms with E-state index in [0.29, 0.717) is 11.5 Å². The first-order chi connectivity index (χ1) is 5.42. The maximum atomic E-state index is 5.18. The molecule has 0 spiro atoms. The van der Waals surface area contributed by atoms with Crippen LogP contribution in [0, 0.1) is 0 Å². The summed E-state index contributed by atoms with van der Waals surface area (Å²) in [6, 6.07) is 0. The Bertz CT molecular complexity index is 279. The number of hydrazine groups is 1. The molecule has 0 amide bonds. The topological polar surface area (TPSA) is 87.5 Å². The van der Waals surface area contributed by atoms with Crippen LogP contribution in [0.1, 0.15) is 0 Å². The Labute approximate surface area is 62.6 Å². The third-order valence-corrected chi connectivity index (χ3v) is 1.42. The molecular weight excluding hydrogens is 144 g/mol. The van der Waals surface area contributed by atoms with Gasteiger partial charge in [0, 0.05) is 0 Å². The maximum Gasteiger partial charge on any atom is 0.189 e. The number of hydrogen-bond donors (Lipinski definition) is 2. The Kier molecular flexibility index (Phi) is 1.26. The van der Waals surface area contributed by atoms with E-state index >= 15 is 0 Å². The Hall–Kier alpha value is -1.56. The zero-order valence-corrected chi connectivity index (χ0v) is 5.60. The average molecular weight is 150 g/mol. The third-order valence-electron chi connectivity index (χ3n) is 1.42. The van der Waals surface area contributed by atoms with E-state index in [2.05, 4.69) is 25.4 Å². The highest BCUT2D eigenvalue weighted by atomic mass is 15.3. The number of nitrogens with zero attached hydrogens (tertiary/aromatic N) is 4. The molecule has 0 aromatic heterocycles. The fourth-order valence-corrected chi connectivity index (χ4v) is 0.920. The molecule has 11 heavy (non-hydrogen) atoms. The molecule has 0 saturated heterocycles. The highest BCUT2D eigenvalue weighted by Crippen LogP contribution is 2.06. The third kappa shape index (κ3) is 0.838. The van der Waals surface area contributed by atoms with Crippen molar-refractivity contribution < 1.29 is 0 Å². The van der Waals surface area contributed by atoms with Crippen LogP contribution < -0.4 is 11.3 Å². The van der Waals surface area contributed by atoms with E-state index in [1.165, 1.54) is 12.7 Å². The summed E-state index contributed by atoms with van der Waals surface area (Å²) < 4.78 is 0. The van der Waals surface area contributed by atoms with Crippen LogP contribution in [0.5, 0.6) is 0 Å². The number of fused-ring (bicyclic) bond motifs is 1. The number of rotatable bonds is 0. The van der Waals surface area contributed by atoms with Crippen LogP contribution in [0.4, 0.5) is 0 Å². The van der Waals surface area contributed by atoms with Gasteiger partial charge in [-0.2, -0.15) is 0 Å². The van der Waals surface area contributed by atoms with Gasteiger partial charge >= 0.3 is 0 Å². The zero-order chi connectivity index (χ0) is 7.68. The van der Waals surface area contributed by atoms with E-state index in [0.717, 1.165) is 0 Å². The first kappa shape index (κ1) is 6.17. The van der Waals surface area contributed by atoms with Crippen molar-refractivity contribution >= 4 is 24.2 Å². The summed E-state index contributed by atoms with van der Waals surface area (Å²) in [5, 5.41) is 0. The molecule has 0 aliphatic carbocycles. The number of nitrogens with one attached hydrogen (secondary N) is 1. The smallest absolute Gasteiger partial charge is 0.189 e. The molecule has 2 aliphatic rings. The quantitative estimate of drug-likeness (QED) is 0.332. The minimum absolute atomic E-state index is 0.237. The average Bonchev–Trinajstić information content (AvgIpc) is 2.50. The van der Waals surface area contributed by atoms with E-state index < -0.39 is 0 Å². The summed E-state index contributed by atoms with van der Waals surface area (Å²) in [5.74, 6) is 5.71. The summed E-state index contributed by atoms with van der Waals surface area (Å²) in [7, 11) is 0. The summed E-state index contributed by atoms with van der Waals surface area (Å²) in [5.41, 5.74) is 3.10. The van der Waals surface area contributed by atoms with Gasteiger partial charge in [-0.15, -0.1) is 0 Å². The Morgan fingerprint density at radius 3 is 2.73 bits per heavy atom. The molecule has 6 nitrogen and oxygen atoms in total. The van der Waals surface area contributed by atoms with Crippen molar-refractivity contribution in [2.45, 2.75) is 6.17 Å². The summed E-state index contributed by atoms with van der Waals surface area (Å²) in [4.78, 5) is 15.7. The van der Waals surface area contributed by atoms with Crippen molar-refractivity contribution in [1.82, 2.24) is 5.43 Å². The predicted molar refractivity (Wildman–Crippen MR) is 43.0 cm³/mol. The molecule has 1 atom stereocenters. The highest BCUT2D eigenvalue weighted by Gasteiger charge is 2.23. The van der Waals surface area contributed by atoms with Gasteiger partial charge in [0.15, 0.2) is 12.0 Å². The first-order valence-corrected chi connectivity index (χ1v) is 3.07. The highest BCUT2D eigenvalue weighted by molar-refractivity contribution is 6.46. The second kappa shape index (κ2) is 2.24. The molecule has 0 aromatic carbocycles. The van der Waals surface area contributed by atoms with E-state index in [1.54, 1.807) is 0 Å². The van der Waals surface area contributed by atoms with Crippen molar-refractivity contribution in [3.05, 3.63) is 0 Å². The van der Waals surface area contributed by atoms with Gasteiger partial charge in [-0.1, -0.05) is 0 Å². The summed E-state index contributed by atoms with van der Waals surface area (Å²) >= 11 is 0. The summed E-state index contributed by atoms with van der Waals surface area (Å²) in [6.07, 6.45) is 2.63. The molecule has 1 unspecified atom stereocenters. The molecular formula is C5H6N6. The van der Waals surface area contributed by atoms with Crippen LogP contribution in [0.3, 0.4) is 0 Å². The fraction of sp³-hybridized carbons (Fsp3) is 0.200. The van der Waals surface area contributed by atoms with Gasteiger partial charge < -0.3 is 5.43 Å². The van der Waals surface area contributed by atoms with Crippen molar-refractivity contribution in [3.63, 3.8) is 0 Å². The van der Waals surface area contributed by atoms with Crippen LogP contribution in [0.15, 0.2) is 20.0 Å². The number of hydrogen-bond acceptors (Lipinski definition) is 6. The van der Waals surface area contributed by atoms with E-state index in [1.807, 2.05) is 0 Å². The van der Waals surface area contributed by atoms with Gasteiger partial charge in [-0.25, -0.2) is 25.8 Å². The molecule has 6 heteroatoms. The monoisotopic (exact) mass is 150 g/mol. The molecule has 0 saturated carbocycles. The van der Waals surface area contributed by atoms with Gasteiger partial charge in [0.05, 0.1) is 0 Å². The maximum absolute atomic E-state index is 5.18. The van der Waals surface area contributed by atoms with Gasteiger partial charge in [0.25, 0.3) is 0 Å². The Morgan fingerprint density at radius 1 is 1.27 bits per heavy atom. The van der Waals surface area contributed by atoms with Crippen molar-refractivity contribution in [2.75, 3.05) is 0 Å². The second-order valence-electron chi connectivity index (χ2n) is 2.04. The van der Waals surface area contributed by atoms with Gasteiger partial charge in [-0.05, 0) is 0 Å². The van der Waals surface area contributed by atoms with Crippen molar-refractivity contribution in [3.8, 4) is 0 Å². The second-order valence-corrected chi connectivity index (χ2v) is 2.04. The molecule has 0 radical (unpaired) electrons. The molecule has 0 fully saturated rings. The fourth-order valence-electron chi connectivity index (χ4n) is 0.920. The van der Waals surface area contributed by atoms with E-state index in [4.69, 9.17) is 5.84 Å². The number of nitrogens with two attached hydrogens (primary N) is 1. The van der Waals surface area contributed by atoms with Crippen LogP contribution in [-0.2, 0) is 0 Å². The lowest BCUT2D eigenvalue weighted by atomic mass is 10.3. The normalized spacial score (nSPS) is 26.1. The van der Waals surface area contributed by atoms with Gasteiger partial charge in [0.2, 0.25) is 0 Å². The lowest BCUT2D eigenvalue weighted by Gasteiger charge is -2.10. The van der Waals surface area contributed by atoms with Crippen molar-refractivity contribution in [1.29, 1.82) is 0 Å². The van der Waals surface area contributed by atoms with Crippen molar-refractivity contribution in [2.24, 2.45) is 25.8 Å². The van der Waals surface area contributed by atoms with E-state index in [9.17, 15) is 0 Å². The largest absolute Gasteiger partial charge is 0.307 e. The van der Waals surface area contributed by atoms with E-state index in [-0.39, 0.29) is 6.17 Å². The lowest BCUT2D eigenvalue weighted by Crippen LogP contribution is -2.41. The molecule has 2 aliphatic heterocycles. The van der Waals surface area contributed by atoms with Crippen LogP contribution in [-0.4, -0.2) is 30.4 Å². The molecule has 3 N–H and O–H groups in total. The molecule has 0 bridgehead atoms. The lowest BCUT2D eigenvalue weighted by molar-refractivity contribution is 0.934. The molecule has 2 heterocycles. The summed E-state index contributed by atoms with van der Waals surface area (Å²) in [6.45, 7) is 0. The zero-order valence-electron chi connectivity index (χ0n) is 5.60. The standard InChI is InChI=1S/C5H6N6/c6-11-5-3-4(8-1-7-3)9-2-10-5/h1-2,4H,6H2,(H,9,10,11). The number of amidine groups is 1. The SMILES string of the molecule is NNC1=NC=NC2N=CN=C12. The molecule has 0 aromatic rings. The minimum Gasteiger partial charge on any atom is -0.307 e. The Morgan fingerprint density at radius 2 is 2.00 bits per heavy atom.